The largest absolute Gasteiger partial charge is 0.504 e. The first-order valence-electron chi connectivity index (χ1n) is 14.0. The normalized spacial score (nSPS) is 30.8. The molecule has 8 nitrogen and oxygen atoms in total. The minimum atomic E-state index is -2.66. The van der Waals surface area contributed by atoms with Gasteiger partial charge >= 0.3 is 0 Å². The lowest BCUT2D eigenvalue weighted by Crippen LogP contribution is -2.60. The fourth-order valence-electron chi connectivity index (χ4n) is 7.30. The Hall–Kier alpha value is -3.71. The van der Waals surface area contributed by atoms with Gasteiger partial charge in [-0.05, 0) is 50.3 Å². The minimum absolute atomic E-state index is 0.0379. The summed E-state index contributed by atoms with van der Waals surface area (Å²) in [5.41, 5.74) is -1.43. The zero-order valence-electron chi connectivity index (χ0n) is 23.5. The van der Waals surface area contributed by atoms with Crippen LogP contribution in [0.4, 0.5) is 27.6 Å². The zero-order chi connectivity index (χ0) is 32.9. The standard InChI is InChI=1S/C30H23Cl2F5N2O6/c1-3-38-25(41)13-7-6-12-14(17(13)26(38)42)10-29(31)27(43)39(24-22(36)20(34)19(33)21(35)23(24)37)28(44)30(29,32)18(12)11-5-8-15(40)16(9-11)45-4-2/h5-6,8-9,13-14,17-18,40H,3-4,7,10H2,1-2H3/t13-,14+,17-,18-,29+,30-/m0/s1. The third-order valence-corrected chi connectivity index (χ3v) is 10.7. The highest BCUT2D eigenvalue weighted by atomic mass is 35.5. The number of benzene rings is 2. The van der Waals surface area contributed by atoms with Crippen molar-refractivity contribution in [1.82, 2.24) is 4.90 Å². The van der Waals surface area contributed by atoms with Crippen LogP contribution in [0, 0.1) is 46.8 Å². The third-order valence-electron chi connectivity index (χ3n) is 9.25. The van der Waals surface area contributed by atoms with Gasteiger partial charge in [0.2, 0.25) is 17.6 Å². The quantitative estimate of drug-likeness (QED) is 0.119. The molecule has 6 atom stereocenters. The van der Waals surface area contributed by atoms with Crippen molar-refractivity contribution in [2.24, 2.45) is 17.8 Å². The number of anilines is 1. The van der Waals surface area contributed by atoms with Crippen molar-refractivity contribution in [3.05, 3.63) is 64.5 Å². The number of carbonyl (C=O) groups excluding carboxylic acids is 4. The summed E-state index contributed by atoms with van der Waals surface area (Å²) in [4.78, 5) is 50.5. The van der Waals surface area contributed by atoms with E-state index in [1.807, 2.05) is 0 Å². The van der Waals surface area contributed by atoms with Crippen molar-refractivity contribution in [1.29, 1.82) is 0 Å². The summed E-state index contributed by atoms with van der Waals surface area (Å²) >= 11 is 14.1. The molecular formula is C30H23Cl2F5N2O6. The molecule has 6 rings (SSSR count). The van der Waals surface area contributed by atoms with Crippen molar-refractivity contribution in [2.45, 2.75) is 42.4 Å². The molecule has 2 saturated heterocycles. The van der Waals surface area contributed by atoms with Gasteiger partial charge in [-0.25, -0.2) is 26.9 Å². The number of alkyl halides is 2. The lowest BCUT2D eigenvalue weighted by Gasteiger charge is -2.50. The highest BCUT2D eigenvalue weighted by Gasteiger charge is 2.77. The second kappa shape index (κ2) is 10.4. The van der Waals surface area contributed by atoms with Crippen molar-refractivity contribution in [2.75, 3.05) is 18.1 Å². The van der Waals surface area contributed by atoms with E-state index in [9.17, 15) is 37.5 Å². The van der Waals surface area contributed by atoms with E-state index in [0.29, 0.717) is 5.57 Å². The van der Waals surface area contributed by atoms with Crippen LogP contribution in [0.3, 0.4) is 0 Å². The zero-order valence-corrected chi connectivity index (χ0v) is 25.0. The van der Waals surface area contributed by atoms with E-state index >= 15 is 8.78 Å². The summed E-state index contributed by atoms with van der Waals surface area (Å²) in [6, 6.07) is 3.84. The molecule has 2 aliphatic heterocycles. The number of ether oxygens (including phenoxy) is 1. The number of aromatic hydroxyl groups is 1. The number of halogens is 7. The summed E-state index contributed by atoms with van der Waals surface area (Å²) in [5.74, 6) is -21.1. The molecule has 0 bridgehead atoms. The average molecular weight is 673 g/mol. The molecule has 0 radical (unpaired) electrons. The first-order valence-corrected chi connectivity index (χ1v) is 14.7. The van der Waals surface area contributed by atoms with Crippen LogP contribution in [0.2, 0.25) is 0 Å². The summed E-state index contributed by atoms with van der Waals surface area (Å²) in [7, 11) is 0. The predicted octanol–water partition coefficient (Wildman–Crippen LogP) is 5.07. The second-order valence-corrected chi connectivity index (χ2v) is 12.5. The molecule has 0 aromatic heterocycles. The van der Waals surface area contributed by atoms with Crippen molar-refractivity contribution < 1.29 is 51.0 Å². The number of allylic oxidation sites excluding steroid dienone is 2. The summed E-state index contributed by atoms with van der Waals surface area (Å²) in [5, 5.41) is 10.4. The van der Waals surface area contributed by atoms with Gasteiger partial charge in [0.1, 0.15) is 5.69 Å². The maximum Gasteiger partial charge on any atom is 0.258 e. The summed E-state index contributed by atoms with van der Waals surface area (Å²) in [6.45, 7) is 3.38. The Labute approximate surface area is 262 Å². The molecule has 15 heteroatoms. The number of phenolic OH excluding ortho intramolecular Hbond substituents is 1. The molecule has 4 amide bonds. The predicted molar refractivity (Wildman–Crippen MR) is 148 cm³/mol. The van der Waals surface area contributed by atoms with Crippen LogP contribution in [0.1, 0.15) is 38.2 Å². The van der Waals surface area contributed by atoms with Crippen LogP contribution in [0.5, 0.6) is 11.5 Å². The van der Waals surface area contributed by atoms with E-state index in [0.717, 1.165) is 4.90 Å². The number of hydrogen-bond donors (Lipinski definition) is 1. The minimum Gasteiger partial charge on any atom is -0.504 e. The van der Waals surface area contributed by atoms with Gasteiger partial charge in [0.25, 0.3) is 11.8 Å². The summed E-state index contributed by atoms with van der Waals surface area (Å²) < 4.78 is 78.2. The van der Waals surface area contributed by atoms with E-state index in [4.69, 9.17) is 27.9 Å². The Morgan fingerprint density at radius 3 is 2.13 bits per heavy atom. The Kier molecular flexibility index (Phi) is 7.24. The Morgan fingerprint density at radius 1 is 0.911 bits per heavy atom. The Morgan fingerprint density at radius 2 is 1.53 bits per heavy atom. The number of amides is 4. The molecule has 4 aliphatic rings. The Balaban J connectivity index is 1.61. The first kappa shape index (κ1) is 31.3. The Bertz CT molecular complexity index is 1730. The summed E-state index contributed by atoms with van der Waals surface area (Å²) in [6.07, 6.45) is 1.04. The molecule has 1 saturated carbocycles. The molecular weight excluding hydrogens is 650 g/mol. The van der Waals surface area contributed by atoms with Crippen molar-refractivity contribution >= 4 is 52.5 Å². The number of phenols is 1. The lowest BCUT2D eigenvalue weighted by molar-refractivity contribution is -0.140. The fraction of sp³-hybridized carbons (Fsp3) is 0.400. The van der Waals surface area contributed by atoms with Gasteiger partial charge in [0, 0.05) is 12.5 Å². The monoisotopic (exact) mass is 672 g/mol. The molecule has 2 aromatic carbocycles. The van der Waals surface area contributed by atoms with Gasteiger partial charge in [0.15, 0.2) is 44.5 Å². The molecule has 0 spiro atoms. The number of nitrogens with zero attached hydrogens (tertiary/aromatic N) is 2. The maximum atomic E-state index is 15.1. The highest BCUT2D eigenvalue weighted by molar-refractivity contribution is 6.58. The molecule has 2 aromatic rings. The molecule has 1 N–H and O–H groups in total. The number of fused-ring (bicyclic) bond motifs is 4. The van der Waals surface area contributed by atoms with Crippen LogP contribution in [0.15, 0.2) is 29.8 Å². The molecule has 2 heterocycles. The van der Waals surface area contributed by atoms with Gasteiger partial charge in [-0.3, -0.25) is 24.1 Å². The van der Waals surface area contributed by atoms with Gasteiger partial charge < -0.3 is 9.84 Å². The van der Waals surface area contributed by atoms with E-state index < -0.39 is 98.2 Å². The molecule has 238 valence electrons. The van der Waals surface area contributed by atoms with Crippen molar-refractivity contribution in [3.63, 3.8) is 0 Å². The van der Waals surface area contributed by atoms with E-state index in [1.165, 1.54) is 18.2 Å². The first-order chi connectivity index (χ1) is 21.2. The van der Waals surface area contributed by atoms with E-state index in [1.54, 1.807) is 19.9 Å². The topological polar surface area (TPSA) is 104 Å². The van der Waals surface area contributed by atoms with Crippen LogP contribution in [-0.4, -0.2) is 56.5 Å². The van der Waals surface area contributed by atoms with Gasteiger partial charge in [-0.15, -0.1) is 23.2 Å². The smallest absolute Gasteiger partial charge is 0.258 e. The van der Waals surface area contributed by atoms with Gasteiger partial charge in [-0.2, -0.15) is 0 Å². The number of carbonyl (C=O) groups is 4. The van der Waals surface area contributed by atoms with Crippen LogP contribution < -0.4 is 9.64 Å². The van der Waals surface area contributed by atoms with Crippen LogP contribution >= 0.6 is 23.2 Å². The van der Waals surface area contributed by atoms with Crippen LogP contribution in [0.25, 0.3) is 0 Å². The average Bonchev–Trinajstić information content (AvgIpc) is 3.34. The number of likely N-dealkylation sites (tertiary alicyclic amines) is 1. The van der Waals surface area contributed by atoms with E-state index in [-0.39, 0.29) is 41.5 Å². The second-order valence-electron chi connectivity index (χ2n) is 11.3. The molecule has 2 aliphatic carbocycles. The maximum absolute atomic E-state index is 15.1. The fourth-order valence-corrected chi connectivity index (χ4v) is 8.23. The number of rotatable bonds is 5. The molecule has 45 heavy (non-hydrogen) atoms. The molecule has 0 unspecified atom stereocenters. The number of imide groups is 2. The van der Waals surface area contributed by atoms with Crippen LogP contribution in [-0.2, 0) is 19.2 Å². The SMILES string of the molecule is CCOc1cc([C@H]2C3=CC[C@@H]4C(=O)N(CC)C(=O)[C@@H]4[C@@H]3C[C@@]3(Cl)C(=O)N(c4c(F)c(F)c(F)c(F)c4F)C(=O)[C@@]23Cl)ccc1O. The number of hydrogen-bond acceptors (Lipinski definition) is 6. The third kappa shape index (κ3) is 3.89. The molecule has 3 fully saturated rings. The van der Waals surface area contributed by atoms with Gasteiger partial charge in [0.05, 0.1) is 18.4 Å². The van der Waals surface area contributed by atoms with Crippen molar-refractivity contribution in [3.8, 4) is 11.5 Å². The lowest BCUT2D eigenvalue weighted by atomic mass is 9.56. The van der Waals surface area contributed by atoms with E-state index in [2.05, 4.69) is 0 Å². The highest BCUT2D eigenvalue weighted by Crippen LogP contribution is 2.66. The van der Waals surface area contributed by atoms with Gasteiger partial charge in [-0.1, -0.05) is 17.7 Å².